The van der Waals surface area contributed by atoms with Gasteiger partial charge in [-0.05, 0) is 31.2 Å². The van der Waals surface area contributed by atoms with Crippen molar-refractivity contribution in [2.45, 2.75) is 19.2 Å². The van der Waals surface area contributed by atoms with E-state index in [9.17, 15) is 18.3 Å². The number of alkyl halides is 3. The van der Waals surface area contributed by atoms with E-state index in [2.05, 4.69) is 0 Å². The summed E-state index contributed by atoms with van der Waals surface area (Å²) in [5.41, 5.74) is -0.872. The maximum absolute atomic E-state index is 12.7. The summed E-state index contributed by atoms with van der Waals surface area (Å²) in [7, 11) is 0. The van der Waals surface area contributed by atoms with Gasteiger partial charge < -0.3 is 14.3 Å². The lowest BCUT2D eigenvalue weighted by Gasteiger charge is -2.15. The molecule has 1 aromatic heterocycles. The summed E-state index contributed by atoms with van der Waals surface area (Å²) in [6.07, 6.45) is -5.62. The third-order valence-corrected chi connectivity index (χ3v) is 2.68. The molecule has 2 rings (SSSR count). The van der Waals surface area contributed by atoms with E-state index in [4.69, 9.17) is 9.15 Å². The Bertz CT molecular complexity index is 575. The van der Waals surface area contributed by atoms with Crippen molar-refractivity contribution >= 4 is 0 Å². The van der Waals surface area contributed by atoms with Gasteiger partial charge in [0, 0.05) is 0 Å². The standard InChI is InChI=1S/C14H13F3O3/c1-9-6-7-13(20-9)11(18)8-19-12-5-3-2-4-10(12)14(15,16)17/h2-7,11,18H,8H2,1H3. The number of hydrogen-bond donors (Lipinski definition) is 1. The number of aliphatic hydroxyl groups is 1. The van der Waals surface area contributed by atoms with E-state index in [0.717, 1.165) is 6.07 Å². The largest absolute Gasteiger partial charge is 0.490 e. The lowest BCUT2D eigenvalue weighted by atomic mass is 10.2. The summed E-state index contributed by atoms with van der Waals surface area (Å²) in [4.78, 5) is 0. The molecule has 0 bridgehead atoms. The third kappa shape index (κ3) is 3.33. The molecule has 0 saturated heterocycles. The van der Waals surface area contributed by atoms with E-state index in [-0.39, 0.29) is 18.1 Å². The van der Waals surface area contributed by atoms with Crippen LogP contribution in [0.15, 0.2) is 40.8 Å². The molecule has 0 radical (unpaired) electrons. The third-order valence-electron chi connectivity index (χ3n) is 2.68. The molecule has 0 aliphatic heterocycles. The highest BCUT2D eigenvalue weighted by atomic mass is 19.4. The highest BCUT2D eigenvalue weighted by molar-refractivity contribution is 5.35. The number of halogens is 3. The van der Waals surface area contributed by atoms with Crippen LogP contribution < -0.4 is 4.74 Å². The zero-order chi connectivity index (χ0) is 14.8. The second-order valence-corrected chi connectivity index (χ2v) is 4.27. The minimum Gasteiger partial charge on any atom is -0.490 e. The zero-order valence-corrected chi connectivity index (χ0v) is 10.6. The molecular weight excluding hydrogens is 273 g/mol. The average molecular weight is 286 g/mol. The molecular formula is C14H13F3O3. The van der Waals surface area contributed by atoms with E-state index >= 15 is 0 Å². The Morgan fingerprint density at radius 3 is 2.50 bits per heavy atom. The van der Waals surface area contributed by atoms with Crippen LogP contribution in [0.1, 0.15) is 23.2 Å². The Hall–Kier alpha value is -1.95. The predicted octanol–water partition coefficient (Wildman–Crippen LogP) is 3.72. The highest BCUT2D eigenvalue weighted by Crippen LogP contribution is 2.36. The first-order valence-corrected chi connectivity index (χ1v) is 5.91. The van der Waals surface area contributed by atoms with Crippen LogP contribution in [0.4, 0.5) is 13.2 Å². The van der Waals surface area contributed by atoms with Crippen LogP contribution in [-0.4, -0.2) is 11.7 Å². The summed E-state index contributed by atoms with van der Waals surface area (Å²) < 4.78 is 48.5. The van der Waals surface area contributed by atoms with Gasteiger partial charge in [-0.2, -0.15) is 13.2 Å². The van der Waals surface area contributed by atoms with Gasteiger partial charge in [0.2, 0.25) is 0 Å². The average Bonchev–Trinajstić information content (AvgIpc) is 2.82. The number of para-hydroxylation sites is 1. The summed E-state index contributed by atoms with van der Waals surface area (Å²) >= 11 is 0. The van der Waals surface area contributed by atoms with Gasteiger partial charge in [0.05, 0.1) is 5.56 Å². The fraction of sp³-hybridized carbons (Fsp3) is 0.286. The molecule has 0 spiro atoms. The van der Waals surface area contributed by atoms with E-state index < -0.39 is 17.8 Å². The molecule has 0 aliphatic carbocycles. The van der Waals surface area contributed by atoms with E-state index in [1.54, 1.807) is 19.1 Å². The van der Waals surface area contributed by atoms with Crippen molar-refractivity contribution in [3.63, 3.8) is 0 Å². The molecule has 1 N–H and O–H groups in total. The number of aryl methyl sites for hydroxylation is 1. The second-order valence-electron chi connectivity index (χ2n) is 4.27. The van der Waals surface area contributed by atoms with Crippen LogP contribution in [0.3, 0.4) is 0 Å². The maximum atomic E-state index is 12.7. The quantitative estimate of drug-likeness (QED) is 0.931. The van der Waals surface area contributed by atoms with Crippen LogP contribution in [0.25, 0.3) is 0 Å². The molecule has 2 aromatic rings. The molecule has 6 heteroatoms. The van der Waals surface area contributed by atoms with E-state index in [1.807, 2.05) is 0 Å². The Balaban J connectivity index is 2.08. The van der Waals surface area contributed by atoms with Gasteiger partial charge >= 0.3 is 6.18 Å². The molecule has 3 nitrogen and oxygen atoms in total. The maximum Gasteiger partial charge on any atom is 0.419 e. The van der Waals surface area contributed by atoms with Crippen molar-refractivity contribution in [1.82, 2.24) is 0 Å². The van der Waals surface area contributed by atoms with Gasteiger partial charge in [0.1, 0.15) is 30.0 Å². The molecule has 1 atom stereocenters. The van der Waals surface area contributed by atoms with Gasteiger partial charge in [0.15, 0.2) is 0 Å². The molecule has 0 fully saturated rings. The van der Waals surface area contributed by atoms with Gasteiger partial charge in [-0.3, -0.25) is 0 Å². The van der Waals surface area contributed by atoms with E-state index in [1.165, 1.54) is 18.2 Å². The lowest BCUT2D eigenvalue weighted by Crippen LogP contribution is -2.13. The molecule has 0 amide bonds. The topological polar surface area (TPSA) is 42.6 Å². The van der Waals surface area contributed by atoms with Crippen molar-refractivity contribution in [3.05, 3.63) is 53.5 Å². The van der Waals surface area contributed by atoms with Crippen molar-refractivity contribution in [1.29, 1.82) is 0 Å². The normalized spacial score (nSPS) is 13.2. The summed E-state index contributed by atoms with van der Waals surface area (Å²) in [6, 6.07) is 8.07. The Kier molecular flexibility index (Phi) is 4.04. The number of hydrogen-bond acceptors (Lipinski definition) is 3. The van der Waals surface area contributed by atoms with E-state index in [0.29, 0.717) is 5.76 Å². The van der Waals surface area contributed by atoms with Crippen LogP contribution in [0.5, 0.6) is 5.75 Å². The van der Waals surface area contributed by atoms with Crippen LogP contribution in [0, 0.1) is 6.92 Å². The molecule has 1 unspecified atom stereocenters. The first kappa shape index (κ1) is 14.5. The molecule has 0 aliphatic rings. The Morgan fingerprint density at radius 1 is 1.20 bits per heavy atom. The Morgan fingerprint density at radius 2 is 1.90 bits per heavy atom. The molecule has 1 aromatic carbocycles. The SMILES string of the molecule is Cc1ccc(C(O)COc2ccccc2C(F)(F)F)o1. The minimum atomic E-state index is -4.50. The smallest absolute Gasteiger partial charge is 0.419 e. The second kappa shape index (κ2) is 5.58. The summed E-state index contributed by atoms with van der Waals surface area (Å²) in [6.45, 7) is 1.38. The Labute approximate surface area is 113 Å². The lowest BCUT2D eigenvalue weighted by molar-refractivity contribution is -0.139. The van der Waals surface area contributed by atoms with Crippen molar-refractivity contribution in [2.75, 3.05) is 6.61 Å². The number of furan rings is 1. The van der Waals surface area contributed by atoms with Crippen molar-refractivity contribution in [3.8, 4) is 5.75 Å². The van der Waals surface area contributed by atoms with Gasteiger partial charge in [-0.15, -0.1) is 0 Å². The highest BCUT2D eigenvalue weighted by Gasteiger charge is 2.34. The molecule has 0 saturated carbocycles. The summed E-state index contributed by atoms with van der Waals surface area (Å²) in [5, 5.41) is 9.79. The van der Waals surface area contributed by atoms with Gasteiger partial charge in [-0.1, -0.05) is 12.1 Å². The fourth-order valence-corrected chi connectivity index (χ4v) is 1.71. The number of benzene rings is 1. The molecule has 20 heavy (non-hydrogen) atoms. The van der Waals surface area contributed by atoms with Crippen molar-refractivity contribution in [2.24, 2.45) is 0 Å². The number of ether oxygens (including phenoxy) is 1. The zero-order valence-electron chi connectivity index (χ0n) is 10.6. The first-order valence-electron chi connectivity index (χ1n) is 5.91. The molecule has 1 heterocycles. The van der Waals surface area contributed by atoms with Crippen LogP contribution in [-0.2, 0) is 6.18 Å². The fourth-order valence-electron chi connectivity index (χ4n) is 1.71. The minimum absolute atomic E-state index is 0.256. The monoisotopic (exact) mass is 286 g/mol. The van der Waals surface area contributed by atoms with Gasteiger partial charge in [-0.25, -0.2) is 0 Å². The first-order chi connectivity index (χ1) is 9.38. The number of aliphatic hydroxyl groups excluding tert-OH is 1. The molecule has 108 valence electrons. The van der Waals surface area contributed by atoms with Crippen molar-refractivity contribution < 1.29 is 27.4 Å². The van der Waals surface area contributed by atoms with Crippen LogP contribution >= 0.6 is 0 Å². The number of rotatable bonds is 4. The van der Waals surface area contributed by atoms with Crippen LogP contribution in [0.2, 0.25) is 0 Å². The predicted molar refractivity (Wildman–Crippen MR) is 65.3 cm³/mol. The van der Waals surface area contributed by atoms with Gasteiger partial charge in [0.25, 0.3) is 0 Å². The summed E-state index contributed by atoms with van der Waals surface area (Å²) in [5.74, 6) is 0.545.